The van der Waals surface area contributed by atoms with Gasteiger partial charge in [0.2, 0.25) is 5.91 Å². The van der Waals surface area contributed by atoms with Crippen LogP contribution in [0, 0.1) is 0 Å². The molecule has 17 heavy (non-hydrogen) atoms. The first-order valence-corrected chi connectivity index (χ1v) is 7.00. The molecule has 1 heterocycles. The summed E-state index contributed by atoms with van der Waals surface area (Å²) in [5.74, 6) is 0.0466. The van der Waals surface area contributed by atoms with E-state index in [1.54, 1.807) is 11.3 Å². The lowest BCUT2D eigenvalue weighted by molar-refractivity contribution is -0.116. The van der Waals surface area contributed by atoms with Gasteiger partial charge in [0.25, 0.3) is 0 Å². The van der Waals surface area contributed by atoms with Crippen LogP contribution in [-0.4, -0.2) is 5.91 Å². The number of aryl methyl sites for hydroxylation is 1. The third kappa shape index (κ3) is 3.68. The maximum Gasteiger partial charge on any atom is 0.224 e. The van der Waals surface area contributed by atoms with Gasteiger partial charge in [-0.25, -0.2) is 0 Å². The highest BCUT2D eigenvalue weighted by molar-refractivity contribution is 9.10. The van der Waals surface area contributed by atoms with Gasteiger partial charge in [0.15, 0.2) is 0 Å². The molecule has 1 aromatic heterocycles. The van der Waals surface area contributed by atoms with Crippen molar-refractivity contribution in [2.75, 3.05) is 5.32 Å². The van der Waals surface area contributed by atoms with E-state index in [1.807, 2.05) is 35.7 Å². The maximum atomic E-state index is 11.7. The molecule has 0 saturated carbocycles. The largest absolute Gasteiger partial charge is 0.325 e. The molecular weight excluding hydrogens is 298 g/mol. The van der Waals surface area contributed by atoms with E-state index in [0.717, 1.165) is 16.6 Å². The molecule has 0 aliphatic rings. The number of amides is 1. The first-order chi connectivity index (χ1) is 8.25. The van der Waals surface area contributed by atoms with Crippen molar-refractivity contribution >= 4 is 38.9 Å². The molecule has 1 N–H and O–H groups in total. The average molecular weight is 310 g/mol. The van der Waals surface area contributed by atoms with E-state index in [9.17, 15) is 4.79 Å². The van der Waals surface area contributed by atoms with Crippen LogP contribution in [0.1, 0.15) is 11.3 Å². The zero-order chi connectivity index (χ0) is 12.1. The molecule has 2 nitrogen and oxygen atoms in total. The van der Waals surface area contributed by atoms with Crippen LogP contribution in [0.4, 0.5) is 5.69 Å². The minimum atomic E-state index is 0.0466. The van der Waals surface area contributed by atoms with Gasteiger partial charge in [0, 0.05) is 15.8 Å². The van der Waals surface area contributed by atoms with Crippen LogP contribution < -0.4 is 5.32 Å². The van der Waals surface area contributed by atoms with Crippen LogP contribution in [0.25, 0.3) is 0 Å². The fourth-order valence-electron chi connectivity index (χ4n) is 1.47. The van der Waals surface area contributed by atoms with Gasteiger partial charge in [0.05, 0.1) is 5.69 Å². The van der Waals surface area contributed by atoms with E-state index in [4.69, 9.17) is 0 Å². The standard InChI is InChI=1S/C13H12BrNOS/c14-11-5-1-2-6-12(11)15-13(16)8-7-10-4-3-9-17-10/h1-6,9H,7-8H2,(H,15,16). The molecule has 0 spiro atoms. The van der Waals surface area contributed by atoms with Crippen molar-refractivity contribution < 1.29 is 4.79 Å². The molecule has 0 radical (unpaired) electrons. The summed E-state index contributed by atoms with van der Waals surface area (Å²) in [4.78, 5) is 13.0. The summed E-state index contributed by atoms with van der Waals surface area (Å²) >= 11 is 5.09. The Morgan fingerprint density at radius 1 is 1.24 bits per heavy atom. The predicted molar refractivity (Wildman–Crippen MR) is 75.4 cm³/mol. The number of carbonyl (C=O) groups excluding carboxylic acids is 1. The Kier molecular flexibility index (Phi) is 4.34. The minimum absolute atomic E-state index is 0.0466. The number of carbonyl (C=O) groups is 1. The lowest BCUT2D eigenvalue weighted by Crippen LogP contribution is -2.12. The molecule has 0 aliphatic carbocycles. The molecule has 1 amide bonds. The Morgan fingerprint density at radius 2 is 2.06 bits per heavy atom. The van der Waals surface area contributed by atoms with Crippen LogP contribution in [0.5, 0.6) is 0 Å². The highest BCUT2D eigenvalue weighted by Crippen LogP contribution is 2.21. The Labute approximate surface area is 113 Å². The van der Waals surface area contributed by atoms with Gasteiger partial charge in [-0.05, 0) is 45.9 Å². The number of hydrogen-bond donors (Lipinski definition) is 1. The van der Waals surface area contributed by atoms with Crippen LogP contribution >= 0.6 is 27.3 Å². The summed E-state index contributed by atoms with van der Waals surface area (Å²) in [6, 6.07) is 11.7. The fraction of sp³-hybridized carbons (Fsp3) is 0.154. The third-order valence-electron chi connectivity index (χ3n) is 2.33. The Hall–Kier alpha value is -1.13. The number of anilines is 1. The highest BCUT2D eigenvalue weighted by atomic mass is 79.9. The lowest BCUT2D eigenvalue weighted by atomic mass is 10.2. The second kappa shape index (κ2) is 5.98. The van der Waals surface area contributed by atoms with Crippen LogP contribution in [0.2, 0.25) is 0 Å². The second-order valence-electron chi connectivity index (χ2n) is 3.61. The Balaban J connectivity index is 1.87. The number of rotatable bonds is 4. The normalized spacial score (nSPS) is 10.2. The smallest absolute Gasteiger partial charge is 0.224 e. The lowest BCUT2D eigenvalue weighted by Gasteiger charge is -2.06. The van der Waals surface area contributed by atoms with Gasteiger partial charge in [0.1, 0.15) is 0 Å². The van der Waals surface area contributed by atoms with Crippen molar-refractivity contribution in [2.45, 2.75) is 12.8 Å². The number of nitrogens with one attached hydrogen (secondary N) is 1. The van der Waals surface area contributed by atoms with Crippen LogP contribution in [0.15, 0.2) is 46.3 Å². The molecule has 88 valence electrons. The Bertz CT molecular complexity index is 496. The minimum Gasteiger partial charge on any atom is -0.325 e. The first-order valence-electron chi connectivity index (χ1n) is 5.32. The van der Waals surface area contributed by atoms with Crippen molar-refractivity contribution in [2.24, 2.45) is 0 Å². The van der Waals surface area contributed by atoms with Crippen LogP contribution in [-0.2, 0) is 11.2 Å². The molecule has 2 rings (SSSR count). The van der Waals surface area contributed by atoms with Gasteiger partial charge < -0.3 is 5.32 Å². The van der Waals surface area contributed by atoms with E-state index in [1.165, 1.54) is 4.88 Å². The fourth-order valence-corrected chi connectivity index (χ4v) is 2.56. The third-order valence-corrected chi connectivity index (χ3v) is 3.95. The average Bonchev–Trinajstić information content (AvgIpc) is 2.82. The van der Waals surface area contributed by atoms with E-state index in [0.29, 0.717) is 6.42 Å². The SMILES string of the molecule is O=C(CCc1cccs1)Nc1ccccc1Br. The number of para-hydroxylation sites is 1. The summed E-state index contributed by atoms with van der Waals surface area (Å²) < 4.78 is 0.907. The number of hydrogen-bond acceptors (Lipinski definition) is 2. The Morgan fingerprint density at radius 3 is 2.76 bits per heavy atom. The van der Waals surface area contributed by atoms with Gasteiger partial charge in [-0.1, -0.05) is 18.2 Å². The molecule has 2 aromatic rings. The highest BCUT2D eigenvalue weighted by Gasteiger charge is 2.05. The molecule has 0 unspecified atom stereocenters. The summed E-state index contributed by atoms with van der Waals surface area (Å²) in [5, 5.41) is 4.92. The predicted octanol–water partition coefficient (Wildman–Crippen LogP) is 4.08. The van der Waals surface area contributed by atoms with Crippen molar-refractivity contribution in [3.8, 4) is 0 Å². The molecule has 0 fully saturated rings. The quantitative estimate of drug-likeness (QED) is 0.906. The first kappa shape index (κ1) is 12.3. The van der Waals surface area contributed by atoms with Gasteiger partial charge in [-0.2, -0.15) is 0 Å². The topological polar surface area (TPSA) is 29.1 Å². The van der Waals surface area contributed by atoms with Gasteiger partial charge in [-0.15, -0.1) is 11.3 Å². The monoisotopic (exact) mass is 309 g/mol. The van der Waals surface area contributed by atoms with Crippen LogP contribution in [0.3, 0.4) is 0 Å². The molecule has 0 aliphatic heterocycles. The second-order valence-corrected chi connectivity index (χ2v) is 5.49. The molecule has 0 saturated heterocycles. The van der Waals surface area contributed by atoms with Crippen molar-refractivity contribution in [3.63, 3.8) is 0 Å². The zero-order valence-electron chi connectivity index (χ0n) is 9.15. The van der Waals surface area contributed by atoms with Gasteiger partial charge in [-0.3, -0.25) is 4.79 Å². The molecule has 1 aromatic carbocycles. The number of thiophene rings is 1. The molecule has 0 bridgehead atoms. The summed E-state index contributed by atoms with van der Waals surface area (Å²) in [6.45, 7) is 0. The molecule has 4 heteroatoms. The van der Waals surface area contributed by atoms with E-state index in [2.05, 4.69) is 27.3 Å². The van der Waals surface area contributed by atoms with Gasteiger partial charge >= 0.3 is 0 Å². The molecular formula is C13H12BrNOS. The van der Waals surface area contributed by atoms with Crippen molar-refractivity contribution in [1.82, 2.24) is 0 Å². The van der Waals surface area contributed by atoms with Crippen molar-refractivity contribution in [3.05, 3.63) is 51.1 Å². The molecule has 0 atom stereocenters. The summed E-state index contributed by atoms with van der Waals surface area (Å²) in [6.07, 6.45) is 1.32. The van der Waals surface area contributed by atoms with E-state index in [-0.39, 0.29) is 5.91 Å². The zero-order valence-corrected chi connectivity index (χ0v) is 11.6. The number of halogens is 1. The maximum absolute atomic E-state index is 11.7. The van der Waals surface area contributed by atoms with E-state index >= 15 is 0 Å². The van der Waals surface area contributed by atoms with Crippen molar-refractivity contribution in [1.29, 1.82) is 0 Å². The number of benzene rings is 1. The summed E-state index contributed by atoms with van der Waals surface area (Å²) in [7, 11) is 0. The summed E-state index contributed by atoms with van der Waals surface area (Å²) in [5.41, 5.74) is 0.823. The van der Waals surface area contributed by atoms with E-state index < -0.39 is 0 Å².